The molecule has 12 heavy (non-hydrogen) atoms. The number of nitrogens with two attached hydrogens (primary N) is 1. The summed E-state index contributed by atoms with van der Waals surface area (Å²) in [6.07, 6.45) is 3.92. The number of hydrogen-bond acceptors (Lipinski definition) is 2. The average molecular weight is 162 g/mol. The number of hydrogen-bond donors (Lipinski definition) is 2. The second kappa shape index (κ2) is 3.05. The minimum atomic E-state index is 0.662. The lowest BCUT2D eigenvalue weighted by atomic mass is 9.93. The van der Waals surface area contributed by atoms with Crippen LogP contribution in [0.3, 0.4) is 0 Å². The molecule has 2 nitrogen and oxygen atoms in total. The van der Waals surface area contributed by atoms with E-state index in [4.69, 9.17) is 5.73 Å². The van der Waals surface area contributed by atoms with Crippen LogP contribution in [-0.4, -0.2) is 6.04 Å². The summed E-state index contributed by atoms with van der Waals surface area (Å²) in [5.74, 6) is 0. The molecule has 2 rings (SSSR count). The predicted octanol–water partition coefficient (Wildman–Crippen LogP) is 2.23. The minimum absolute atomic E-state index is 0.662. The van der Waals surface area contributed by atoms with Gasteiger partial charge in [0.15, 0.2) is 0 Å². The van der Waals surface area contributed by atoms with Gasteiger partial charge in [-0.1, -0.05) is 12.1 Å². The third-order valence-electron chi connectivity index (χ3n) is 2.43. The highest BCUT2D eigenvalue weighted by atomic mass is 14.9. The third-order valence-corrected chi connectivity index (χ3v) is 2.43. The molecule has 2 heteroatoms. The first-order valence-electron chi connectivity index (χ1n) is 4.47. The lowest BCUT2D eigenvalue weighted by Gasteiger charge is -2.28. The van der Waals surface area contributed by atoms with Crippen molar-refractivity contribution >= 4 is 11.4 Å². The zero-order valence-corrected chi connectivity index (χ0v) is 7.09. The van der Waals surface area contributed by atoms with Crippen molar-refractivity contribution in [3.63, 3.8) is 0 Å². The molecule has 0 heterocycles. The third kappa shape index (κ3) is 1.37. The van der Waals surface area contributed by atoms with Crippen LogP contribution >= 0.6 is 0 Å². The smallest absolute Gasteiger partial charge is 0.0576 e. The number of benzene rings is 1. The first kappa shape index (κ1) is 7.47. The molecule has 0 atom stereocenters. The number of anilines is 2. The number of rotatable bonds is 2. The van der Waals surface area contributed by atoms with Crippen LogP contribution in [0.5, 0.6) is 0 Å². The molecule has 1 aliphatic rings. The Morgan fingerprint density at radius 3 is 2.58 bits per heavy atom. The number of para-hydroxylation sites is 2. The molecule has 0 bridgehead atoms. The second-order valence-corrected chi connectivity index (χ2v) is 3.36. The molecular weight excluding hydrogens is 148 g/mol. The maximum Gasteiger partial charge on any atom is 0.0576 e. The van der Waals surface area contributed by atoms with Crippen molar-refractivity contribution in [3.8, 4) is 0 Å². The zero-order valence-electron chi connectivity index (χ0n) is 7.09. The van der Waals surface area contributed by atoms with Gasteiger partial charge in [-0.3, -0.25) is 0 Å². The van der Waals surface area contributed by atoms with Gasteiger partial charge in [0.25, 0.3) is 0 Å². The zero-order chi connectivity index (χ0) is 8.39. The Labute approximate surface area is 72.8 Å². The van der Waals surface area contributed by atoms with Crippen molar-refractivity contribution in [2.45, 2.75) is 25.3 Å². The van der Waals surface area contributed by atoms with E-state index in [2.05, 4.69) is 5.32 Å². The van der Waals surface area contributed by atoms with Gasteiger partial charge in [0.05, 0.1) is 11.4 Å². The first-order chi connectivity index (χ1) is 5.86. The highest BCUT2D eigenvalue weighted by Gasteiger charge is 2.17. The SMILES string of the molecule is Nc1ccccc1NC1CCC1. The van der Waals surface area contributed by atoms with Gasteiger partial charge in [-0.2, -0.15) is 0 Å². The molecule has 1 fully saturated rings. The summed E-state index contributed by atoms with van der Waals surface area (Å²) in [4.78, 5) is 0. The molecule has 1 aromatic rings. The molecule has 0 aromatic heterocycles. The van der Waals surface area contributed by atoms with Gasteiger partial charge in [0.2, 0.25) is 0 Å². The van der Waals surface area contributed by atoms with Crippen molar-refractivity contribution in [1.29, 1.82) is 0 Å². The van der Waals surface area contributed by atoms with E-state index < -0.39 is 0 Å². The van der Waals surface area contributed by atoms with Crippen LogP contribution in [0.15, 0.2) is 24.3 Å². The van der Waals surface area contributed by atoms with Crippen LogP contribution in [0.25, 0.3) is 0 Å². The summed E-state index contributed by atoms with van der Waals surface area (Å²) in [5, 5.41) is 3.42. The molecule has 64 valence electrons. The van der Waals surface area contributed by atoms with Crippen molar-refractivity contribution < 1.29 is 0 Å². The van der Waals surface area contributed by atoms with E-state index in [9.17, 15) is 0 Å². The molecule has 3 N–H and O–H groups in total. The van der Waals surface area contributed by atoms with E-state index in [1.165, 1.54) is 19.3 Å². The Hall–Kier alpha value is -1.18. The van der Waals surface area contributed by atoms with Gasteiger partial charge in [0.1, 0.15) is 0 Å². The average Bonchev–Trinajstić information content (AvgIpc) is 2.00. The van der Waals surface area contributed by atoms with Gasteiger partial charge < -0.3 is 11.1 Å². The van der Waals surface area contributed by atoms with Gasteiger partial charge in [-0.15, -0.1) is 0 Å². The summed E-state index contributed by atoms with van der Waals surface area (Å²) in [6, 6.07) is 8.60. The lowest BCUT2D eigenvalue weighted by Crippen LogP contribution is -2.27. The quantitative estimate of drug-likeness (QED) is 0.654. The lowest BCUT2D eigenvalue weighted by molar-refractivity contribution is 0.446. The summed E-state index contributed by atoms with van der Waals surface area (Å²) in [7, 11) is 0. The number of nitrogen functional groups attached to an aromatic ring is 1. The Balaban J connectivity index is 2.06. The Bertz CT molecular complexity index is 266. The topological polar surface area (TPSA) is 38.0 Å². The normalized spacial score (nSPS) is 17.0. The minimum Gasteiger partial charge on any atom is -0.397 e. The van der Waals surface area contributed by atoms with Crippen LogP contribution in [-0.2, 0) is 0 Å². The van der Waals surface area contributed by atoms with E-state index >= 15 is 0 Å². The molecule has 0 amide bonds. The van der Waals surface area contributed by atoms with Crippen LogP contribution in [0.4, 0.5) is 11.4 Å². The summed E-state index contributed by atoms with van der Waals surface area (Å²) < 4.78 is 0. The molecule has 1 aromatic carbocycles. The fourth-order valence-corrected chi connectivity index (χ4v) is 1.40. The fourth-order valence-electron chi connectivity index (χ4n) is 1.40. The van der Waals surface area contributed by atoms with Gasteiger partial charge in [-0.25, -0.2) is 0 Å². The first-order valence-corrected chi connectivity index (χ1v) is 4.47. The monoisotopic (exact) mass is 162 g/mol. The number of nitrogens with one attached hydrogen (secondary N) is 1. The van der Waals surface area contributed by atoms with Gasteiger partial charge in [0, 0.05) is 6.04 Å². The van der Waals surface area contributed by atoms with Gasteiger partial charge >= 0.3 is 0 Å². The van der Waals surface area contributed by atoms with Crippen LogP contribution < -0.4 is 11.1 Å². The van der Waals surface area contributed by atoms with Crippen LogP contribution in [0.2, 0.25) is 0 Å². The summed E-state index contributed by atoms with van der Waals surface area (Å²) >= 11 is 0. The maximum absolute atomic E-state index is 5.79. The summed E-state index contributed by atoms with van der Waals surface area (Å²) in [5.41, 5.74) is 7.72. The van der Waals surface area contributed by atoms with E-state index in [0.29, 0.717) is 6.04 Å². The molecule has 0 radical (unpaired) electrons. The molecule has 0 unspecified atom stereocenters. The van der Waals surface area contributed by atoms with E-state index in [1.807, 2.05) is 24.3 Å². The van der Waals surface area contributed by atoms with Crippen molar-refractivity contribution in [2.24, 2.45) is 0 Å². The highest BCUT2D eigenvalue weighted by molar-refractivity contribution is 5.66. The molecule has 0 saturated heterocycles. The standard InChI is InChI=1S/C10H14N2/c11-9-6-1-2-7-10(9)12-8-4-3-5-8/h1-2,6-8,12H,3-5,11H2. The van der Waals surface area contributed by atoms with Crippen molar-refractivity contribution in [3.05, 3.63) is 24.3 Å². The molecule has 1 saturated carbocycles. The fraction of sp³-hybridized carbons (Fsp3) is 0.400. The Morgan fingerprint density at radius 1 is 1.25 bits per heavy atom. The molecule has 0 spiro atoms. The maximum atomic E-state index is 5.79. The van der Waals surface area contributed by atoms with Crippen LogP contribution in [0.1, 0.15) is 19.3 Å². The largest absolute Gasteiger partial charge is 0.397 e. The molecular formula is C10H14N2. The van der Waals surface area contributed by atoms with E-state index in [1.54, 1.807) is 0 Å². The molecule has 1 aliphatic carbocycles. The van der Waals surface area contributed by atoms with E-state index in [-0.39, 0.29) is 0 Å². The highest BCUT2D eigenvalue weighted by Crippen LogP contribution is 2.25. The molecule has 0 aliphatic heterocycles. The Morgan fingerprint density at radius 2 is 2.00 bits per heavy atom. The second-order valence-electron chi connectivity index (χ2n) is 3.36. The van der Waals surface area contributed by atoms with Gasteiger partial charge in [-0.05, 0) is 31.4 Å². The van der Waals surface area contributed by atoms with E-state index in [0.717, 1.165) is 11.4 Å². The predicted molar refractivity (Wildman–Crippen MR) is 52.1 cm³/mol. The van der Waals surface area contributed by atoms with Crippen LogP contribution in [0, 0.1) is 0 Å². The Kier molecular flexibility index (Phi) is 1.90. The van der Waals surface area contributed by atoms with Crippen molar-refractivity contribution in [2.75, 3.05) is 11.1 Å². The van der Waals surface area contributed by atoms with Crippen molar-refractivity contribution in [1.82, 2.24) is 0 Å². The summed E-state index contributed by atoms with van der Waals surface area (Å²) in [6.45, 7) is 0.